The summed E-state index contributed by atoms with van der Waals surface area (Å²) in [5, 5.41) is 0. The highest BCUT2D eigenvalue weighted by atomic mass is 32.1. The van der Waals surface area contributed by atoms with Gasteiger partial charge in [-0.1, -0.05) is 17.4 Å². The number of hydrogen-bond acceptors (Lipinski definition) is 6. The third-order valence-electron chi connectivity index (χ3n) is 4.21. The summed E-state index contributed by atoms with van der Waals surface area (Å²) in [6.45, 7) is 2.71. The first-order chi connectivity index (χ1) is 14.0. The Bertz CT molecular complexity index is 1170. The molecule has 1 aromatic heterocycles. The number of amides is 1. The molecule has 4 rings (SSSR count). The number of benzene rings is 2. The first-order valence-corrected chi connectivity index (χ1v) is 9.80. The highest BCUT2D eigenvalue weighted by molar-refractivity contribution is 7.16. The number of halogens is 1. The van der Waals surface area contributed by atoms with E-state index < -0.39 is 17.7 Å². The fourth-order valence-electron chi connectivity index (χ4n) is 2.95. The lowest BCUT2D eigenvalue weighted by Gasteiger charge is -2.18. The Kier molecular flexibility index (Phi) is 5.30. The van der Waals surface area contributed by atoms with Gasteiger partial charge >= 0.3 is 5.97 Å². The van der Waals surface area contributed by atoms with Crippen LogP contribution in [0.5, 0.6) is 11.5 Å². The summed E-state index contributed by atoms with van der Waals surface area (Å²) < 4.78 is 32.1. The van der Waals surface area contributed by atoms with E-state index in [4.69, 9.17) is 14.2 Å². The van der Waals surface area contributed by atoms with Crippen molar-refractivity contribution in [2.45, 2.75) is 13.5 Å². The Morgan fingerprint density at radius 1 is 1.21 bits per heavy atom. The first-order valence-electron chi connectivity index (χ1n) is 8.98. The van der Waals surface area contributed by atoms with Crippen LogP contribution >= 0.6 is 11.3 Å². The fourth-order valence-corrected chi connectivity index (χ4v) is 3.99. The van der Waals surface area contributed by atoms with Crippen LogP contribution in [0.1, 0.15) is 17.3 Å². The molecule has 3 aromatic rings. The smallest absolute Gasteiger partial charge is 0.326 e. The van der Waals surface area contributed by atoms with Crippen LogP contribution in [0, 0.1) is 5.82 Å². The van der Waals surface area contributed by atoms with Crippen LogP contribution in [0.3, 0.4) is 0 Å². The summed E-state index contributed by atoms with van der Waals surface area (Å²) in [4.78, 5) is 29.1. The van der Waals surface area contributed by atoms with Gasteiger partial charge < -0.3 is 18.8 Å². The molecule has 0 atom stereocenters. The molecule has 29 heavy (non-hydrogen) atoms. The van der Waals surface area contributed by atoms with Gasteiger partial charge in [-0.2, -0.15) is 4.99 Å². The molecule has 150 valence electrons. The minimum atomic E-state index is -0.606. The SMILES string of the molecule is CCOC(=O)Cn1c(=NC(=O)c2cccc(F)c2)sc2cc3c(cc21)OCCO3. The zero-order valence-electron chi connectivity index (χ0n) is 15.5. The van der Waals surface area contributed by atoms with Crippen molar-refractivity contribution in [2.24, 2.45) is 4.99 Å². The molecule has 1 amide bonds. The van der Waals surface area contributed by atoms with Crippen molar-refractivity contribution in [2.75, 3.05) is 19.8 Å². The molecule has 0 aliphatic carbocycles. The van der Waals surface area contributed by atoms with Gasteiger partial charge in [0.2, 0.25) is 0 Å². The van der Waals surface area contributed by atoms with E-state index in [0.717, 1.165) is 10.8 Å². The van der Waals surface area contributed by atoms with E-state index in [1.165, 1.54) is 29.5 Å². The second-order valence-corrected chi connectivity index (χ2v) is 7.18. The number of carbonyl (C=O) groups is 2. The molecule has 0 saturated carbocycles. The monoisotopic (exact) mass is 416 g/mol. The van der Waals surface area contributed by atoms with E-state index in [-0.39, 0.29) is 18.7 Å². The topological polar surface area (TPSA) is 79.1 Å². The molecule has 0 bridgehead atoms. The molecular weight excluding hydrogens is 399 g/mol. The van der Waals surface area contributed by atoms with Crippen molar-refractivity contribution in [1.82, 2.24) is 4.57 Å². The van der Waals surface area contributed by atoms with E-state index >= 15 is 0 Å². The predicted octanol–water partition coefficient (Wildman–Crippen LogP) is 2.92. The fraction of sp³-hybridized carbons (Fsp3) is 0.250. The highest BCUT2D eigenvalue weighted by Crippen LogP contribution is 2.35. The summed E-state index contributed by atoms with van der Waals surface area (Å²) >= 11 is 1.22. The summed E-state index contributed by atoms with van der Waals surface area (Å²) in [6, 6.07) is 8.85. The van der Waals surface area contributed by atoms with Crippen molar-refractivity contribution in [3.05, 3.63) is 52.6 Å². The van der Waals surface area contributed by atoms with E-state index in [1.54, 1.807) is 23.6 Å². The molecule has 0 N–H and O–H groups in total. The maximum absolute atomic E-state index is 13.5. The number of fused-ring (bicyclic) bond motifs is 2. The van der Waals surface area contributed by atoms with Crippen molar-refractivity contribution in [3.63, 3.8) is 0 Å². The summed E-state index contributed by atoms with van der Waals surface area (Å²) in [7, 11) is 0. The molecule has 2 heterocycles. The lowest BCUT2D eigenvalue weighted by molar-refractivity contribution is -0.143. The maximum atomic E-state index is 13.5. The molecule has 1 aliphatic rings. The zero-order chi connectivity index (χ0) is 20.4. The van der Waals surface area contributed by atoms with Gasteiger partial charge in [-0.3, -0.25) is 9.59 Å². The average Bonchev–Trinajstić information content (AvgIpc) is 3.02. The maximum Gasteiger partial charge on any atom is 0.326 e. The lowest BCUT2D eigenvalue weighted by Crippen LogP contribution is -2.23. The van der Waals surface area contributed by atoms with Gasteiger partial charge in [0.05, 0.1) is 16.8 Å². The number of rotatable bonds is 4. The van der Waals surface area contributed by atoms with E-state index in [0.29, 0.717) is 35.0 Å². The number of aromatic nitrogens is 1. The molecule has 2 aromatic carbocycles. The minimum absolute atomic E-state index is 0.121. The molecule has 0 fully saturated rings. The lowest BCUT2D eigenvalue weighted by atomic mass is 10.2. The molecule has 0 spiro atoms. The third kappa shape index (κ3) is 4.00. The van der Waals surface area contributed by atoms with Crippen molar-refractivity contribution < 1.29 is 28.2 Å². The molecular formula is C20H17FN2O5S. The normalized spacial score (nSPS) is 13.5. The van der Waals surface area contributed by atoms with Gasteiger partial charge in [0.15, 0.2) is 16.3 Å². The third-order valence-corrected chi connectivity index (χ3v) is 5.25. The quantitative estimate of drug-likeness (QED) is 0.611. The summed E-state index contributed by atoms with van der Waals surface area (Å²) in [5.74, 6) is -0.435. The van der Waals surface area contributed by atoms with Crippen molar-refractivity contribution >= 4 is 33.4 Å². The number of thiazole rings is 1. The van der Waals surface area contributed by atoms with Crippen molar-refractivity contribution in [3.8, 4) is 11.5 Å². The van der Waals surface area contributed by atoms with Crippen LogP contribution in [0.2, 0.25) is 0 Å². The highest BCUT2D eigenvalue weighted by Gasteiger charge is 2.18. The minimum Gasteiger partial charge on any atom is -0.486 e. The standard InChI is InChI=1S/C20H17FN2O5S/c1-2-26-18(24)11-23-14-9-15-16(28-7-6-27-15)10-17(14)29-20(23)22-19(25)12-4-3-5-13(21)8-12/h3-5,8-10H,2,6-7,11H2,1H3. The van der Waals surface area contributed by atoms with Crippen LogP contribution in [0.25, 0.3) is 10.2 Å². The zero-order valence-corrected chi connectivity index (χ0v) is 16.3. The van der Waals surface area contributed by atoms with Crippen LogP contribution in [0.15, 0.2) is 41.4 Å². The van der Waals surface area contributed by atoms with Crippen LogP contribution in [-0.2, 0) is 16.1 Å². The Balaban J connectivity index is 1.84. The first kappa shape index (κ1) is 19.1. The second kappa shape index (κ2) is 8.04. The van der Waals surface area contributed by atoms with E-state index in [9.17, 15) is 14.0 Å². The number of ether oxygens (including phenoxy) is 3. The molecule has 9 heteroatoms. The number of nitrogens with zero attached hydrogens (tertiary/aromatic N) is 2. The second-order valence-electron chi connectivity index (χ2n) is 6.17. The van der Waals surface area contributed by atoms with Crippen LogP contribution < -0.4 is 14.3 Å². The van der Waals surface area contributed by atoms with Gasteiger partial charge in [-0.25, -0.2) is 4.39 Å². The summed E-state index contributed by atoms with van der Waals surface area (Å²) in [5.41, 5.74) is 0.786. The van der Waals surface area contributed by atoms with E-state index in [1.807, 2.05) is 0 Å². The molecule has 1 aliphatic heterocycles. The Hall–Kier alpha value is -3.20. The Labute approximate surface area is 169 Å². The predicted molar refractivity (Wildman–Crippen MR) is 104 cm³/mol. The largest absolute Gasteiger partial charge is 0.486 e. The number of esters is 1. The van der Waals surface area contributed by atoms with Gasteiger partial charge in [0.25, 0.3) is 5.91 Å². The Morgan fingerprint density at radius 3 is 2.69 bits per heavy atom. The van der Waals surface area contributed by atoms with Crippen LogP contribution in [0.4, 0.5) is 4.39 Å². The number of carbonyl (C=O) groups excluding carboxylic acids is 2. The number of hydrogen-bond donors (Lipinski definition) is 0. The molecule has 0 radical (unpaired) electrons. The van der Waals surface area contributed by atoms with Gasteiger partial charge in [-0.15, -0.1) is 0 Å². The Morgan fingerprint density at radius 2 is 1.97 bits per heavy atom. The van der Waals surface area contributed by atoms with Crippen LogP contribution in [-0.4, -0.2) is 36.3 Å². The van der Waals surface area contributed by atoms with E-state index in [2.05, 4.69) is 4.99 Å². The molecule has 7 nitrogen and oxygen atoms in total. The van der Waals surface area contributed by atoms with Gasteiger partial charge in [0.1, 0.15) is 25.6 Å². The van der Waals surface area contributed by atoms with Gasteiger partial charge in [0, 0.05) is 17.7 Å². The van der Waals surface area contributed by atoms with Gasteiger partial charge in [-0.05, 0) is 25.1 Å². The van der Waals surface area contributed by atoms with Crippen molar-refractivity contribution in [1.29, 1.82) is 0 Å². The summed E-state index contributed by atoms with van der Waals surface area (Å²) in [6.07, 6.45) is 0. The average molecular weight is 416 g/mol. The molecule has 0 saturated heterocycles. The molecule has 0 unspecified atom stereocenters.